The Bertz CT molecular complexity index is 917. The van der Waals surface area contributed by atoms with E-state index < -0.39 is 0 Å². The fourth-order valence-electron chi connectivity index (χ4n) is 4.76. The number of carbonyl (C=O) groups is 1. The van der Waals surface area contributed by atoms with Gasteiger partial charge in [-0.2, -0.15) is 0 Å². The fraction of sp³-hybridized carbons (Fsp3) is 0.552. The molecule has 0 spiro atoms. The molecular formula is C29H41FN2O2. The van der Waals surface area contributed by atoms with Gasteiger partial charge in [0.05, 0.1) is 0 Å². The Hall–Kier alpha value is -2.40. The second-order valence-electron chi connectivity index (χ2n) is 9.97. The van der Waals surface area contributed by atoms with Crippen LogP contribution >= 0.6 is 0 Å². The standard InChI is InChI=1S/C29H41FN2O2/c1-7-20(3)26-10-9-11-27(21(4)8-2)29(26)34-19-28(33)32-17-22(5)31(16-23(32)6)18-24-12-14-25(30)15-13-24/h9-15,20-23H,7-8,16-19H2,1-6H3/t20?,21?,22-,23+/m1/s1. The first-order valence-corrected chi connectivity index (χ1v) is 12.8. The van der Waals surface area contributed by atoms with Crippen LogP contribution in [0.15, 0.2) is 42.5 Å². The summed E-state index contributed by atoms with van der Waals surface area (Å²) in [6.07, 6.45) is 2.05. The number of amides is 1. The molecule has 186 valence electrons. The van der Waals surface area contributed by atoms with E-state index in [-0.39, 0.29) is 30.4 Å². The minimum atomic E-state index is -0.216. The molecular weight excluding hydrogens is 427 g/mol. The lowest BCUT2D eigenvalue weighted by Crippen LogP contribution is -2.58. The molecule has 0 aliphatic carbocycles. The van der Waals surface area contributed by atoms with E-state index in [1.54, 1.807) is 0 Å². The monoisotopic (exact) mass is 468 g/mol. The number of carbonyl (C=O) groups excluding carboxylic acids is 1. The van der Waals surface area contributed by atoms with Crippen LogP contribution in [0.5, 0.6) is 5.75 Å². The van der Waals surface area contributed by atoms with Crippen LogP contribution in [0.4, 0.5) is 4.39 Å². The third-order valence-corrected chi connectivity index (χ3v) is 7.44. The average Bonchev–Trinajstić information content (AvgIpc) is 2.84. The van der Waals surface area contributed by atoms with E-state index in [4.69, 9.17) is 4.74 Å². The van der Waals surface area contributed by atoms with Crippen LogP contribution in [0.3, 0.4) is 0 Å². The van der Waals surface area contributed by atoms with Crippen LogP contribution in [0.1, 0.15) is 82.9 Å². The molecule has 3 rings (SSSR count). The van der Waals surface area contributed by atoms with Gasteiger partial charge in [0.2, 0.25) is 0 Å². The second kappa shape index (κ2) is 11.8. The van der Waals surface area contributed by atoms with Crippen LogP contribution in [0.2, 0.25) is 0 Å². The summed E-state index contributed by atoms with van der Waals surface area (Å²) in [5, 5.41) is 0. The predicted molar refractivity (Wildman–Crippen MR) is 137 cm³/mol. The van der Waals surface area contributed by atoms with E-state index in [1.807, 2.05) is 17.0 Å². The molecule has 2 aromatic rings. The van der Waals surface area contributed by atoms with Crippen molar-refractivity contribution >= 4 is 5.91 Å². The molecule has 0 N–H and O–H groups in total. The Morgan fingerprint density at radius 3 is 2.12 bits per heavy atom. The molecule has 1 fully saturated rings. The van der Waals surface area contributed by atoms with E-state index in [1.165, 1.54) is 23.3 Å². The molecule has 0 bridgehead atoms. The van der Waals surface area contributed by atoms with Crippen molar-refractivity contribution < 1.29 is 13.9 Å². The van der Waals surface area contributed by atoms with E-state index in [0.717, 1.165) is 37.2 Å². The number of benzene rings is 2. The average molecular weight is 469 g/mol. The first-order valence-electron chi connectivity index (χ1n) is 12.8. The lowest BCUT2D eigenvalue weighted by molar-refractivity contribution is -0.139. The quantitative estimate of drug-likeness (QED) is 0.430. The Labute approximate surface area is 205 Å². The predicted octanol–water partition coefficient (Wildman–Crippen LogP) is 6.35. The molecule has 1 aliphatic heterocycles. The van der Waals surface area contributed by atoms with Gasteiger partial charge in [-0.15, -0.1) is 0 Å². The molecule has 0 saturated carbocycles. The number of nitrogens with zero attached hydrogens (tertiary/aromatic N) is 2. The van der Waals surface area contributed by atoms with E-state index in [0.29, 0.717) is 18.4 Å². The van der Waals surface area contributed by atoms with Gasteiger partial charge >= 0.3 is 0 Å². The van der Waals surface area contributed by atoms with Crippen LogP contribution < -0.4 is 4.74 Å². The molecule has 1 amide bonds. The van der Waals surface area contributed by atoms with Crippen LogP contribution in [0, 0.1) is 5.82 Å². The largest absolute Gasteiger partial charge is 0.483 e. The van der Waals surface area contributed by atoms with Gasteiger partial charge in [0.25, 0.3) is 5.91 Å². The van der Waals surface area contributed by atoms with Crippen molar-refractivity contribution in [2.75, 3.05) is 19.7 Å². The number of hydrogen-bond acceptors (Lipinski definition) is 3. The number of hydrogen-bond donors (Lipinski definition) is 0. The van der Waals surface area contributed by atoms with Gasteiger partial charge < -0.3 is 9.64 Å². The van der Waals surface area contributed by atoms with Gasteiger partial charge in [-0.3, -0.25) is 9.69 Å². The number of rotatable bonds is 9. The van der Waals surface area contributed by atoms with Crippen molar-refractivity contribution in [3.63, 3.8) is 0 Å². The van der Waals surface area contributed by atoms with E-state index in [2.05, 4.69) is 64.6 Å². The smallest absolute Gasteiger partial charge is 0.260 e. The number of para-hydroxylation sites is 1. The lowest BCUT2D eigenvalue weighted by Gasteiger charge is -2.44. The SMILES string of the molecule is CCC(C)c1cccc(C(C)CC)c1OCC(=O)N1C[C@@H](C)N(Cc2ccc(F)cc2)C[C@@H]1C. The second-order valence-corrected chi connectivity index (χ2v) is 9.97. The summed E-state index contributed by atoms with van der Waals surface area (Å²) in [5.74, 6) is 1.48. The lowest BCUT2D eigenvalue weighted by atomic mass is 9.90. The maximum Gasteiger partial charge on any atom is 0.260 e. The topological polar surface area (TPSA) is 32.8 Å². The molecule has 4 nitrogen and oxygen atoms in total. The highest BCUT2D eigenvalue weighted by Crippen LogP contribution is 2.37. The number of ether oxygens (including phenoxy) is 1. The third-order valence-electron chi connectivity index (χ3n) is 7.44. The first kappa shape index (κ1) is 26.2. The highest BCUT2D eigenvalue weighted by molar-refractivity contribution is 5.78. The minimum absolute atomic E-state index is 0.0369. The zero-order valence-electron chi connectivity index (χ0n) is 21.7. The van der Waals surface area contributed by atoms with Gasteiger partial charge in [-0.25, -0.2) is 4.39 Å². The van der Waals surface area contributed by atoms with Crippen LogP contribution in [0.25, 0.3) is 0 Å². The Morgan fingerprint density at radius 1 is 0.971 bits per heavy atom. The van der Waals surface area contributed by atoms with Crippen molar-refractivity contribution in [2.45, 2.75) is 84.8 Å². The normalized spacial score (nSPS) is 20.7. The molecule has 1 saturated heterocycles. The summed E-state index contributed by atoms with van der Waals surface area (Å²) >= 11 is 0. The Kier molecular flexibility index (Phi) is 9.12. The fourth-order valence-corrected chi connectivity index (χ4v) is 4.76. The maximum atomic E-state index is 13.3. The van der Waals surface area contributed by atoms with Crippen molar-refractivity contribution in [1.82, 2.24) is 9.80 Å². The van der Waals surface area contributed by atoms with Crippen molar-refractivity contribution in [1.29, 1.82) is 0 Å². The summed E-state index contributed by atoms with van der Waals surface area (Å²) in [5.41, 5.74) is 3.47. The summed E-state index contributed by atoms with van der Waals surface area (Å²) in [6.45, 7) is 15.3. The van der Waals surface area contributed by atoms with Crippen molar-refractivity contribution in [2.24, 2.45) is 0 Å². The van der Waals surface area contributed by atoms with E-state index >= 15 is 0 Å². The maximum absolute atomic E-state index is 13.3. The van der Waals surface area contributed by atoms with Gasteiger partial charge in [0.15, 0.2) is 6.61 Å². The van der Waals surface area contributed by atoms with Gasteiger partial charge in [-0.1, -0.05) is 58.0 Å². The van der Waals surface area contributed by atoms with Gasteiger partial charge in [0.1, 0.15) is 11.6 Å². The highest BCUT2D eigenvalue weighted by Gasteiger charge is 2.32. The molecule has 2 aromatic carbocycles. The molecule has 2 unspecified atom stereocenters. The minimum Gasteiger partial charge on any atom is -0.483 e. The first-order chi connectivity index (χ1) is 16.2. The Morgan fingerprint density at radius 2 is 1.56 bits per heavy atom. The summed E-state index contributed by atoms with van der Waals surface area (Å²) in [4.78, 5) is 17.6. The van der Waals surface area contributed by atoms with Crippen molar-refractivity contribution in [3.8, 4) is 5.75 Å². The molecule has 0 radical (unpaired) electrons. The summed E-state index contributed by atoms with van der Waals surface area (Å²) in [6, 6.07) is 13.4. The Balaban J connectivity index is 1.68. The van der Waals surface area contributed by atoms with Crippen LogP contribution in [-0.4, -0.2) is 47.5 Å². The number of piperazine rings is 1. The summed E-state index contributed by atoms with van der Waals surface area (Å²) in [7, 11) is 0. The third kappa shape index (κ3) is 6.18. The molecule has 4 atom stereocenters. The number of halogens is 1. The van der Waals surface area contributed by atoms with Gasteiger partial charge in [-0.05, 0) is 67.3 Å². The van der Waals surface area contributed by atoms with Crippen LogP contribution in [-0.2, 0) is 11.3 Å². The zero-order chi connectivity index (χ0) is 24.8. The van der Waals surface area contributed by atoms with E-state index in [9.17, 15) is 9.18 Å². The molecule has 5 heteroatoms. The highest BCUT2D eigenvalue weighted by atomic mass is 19.1. The molecule has 1 aliphatic rings. The molecule has 1 heterocycles. The summed E-state index contributed by atoms with van der Waals surface area (Å²) < 4.78 is 19.6. The van der Waals surface area contributed by atoms with Gasteiger partial charge in [0, 0.05) is 31.7 Å². The van der Waals surface area contributed by atoms with Crippen molar-refractivity contribution in [3.05, 3.63) is 65.0 Å². The molecule has 34 heavy (non-hydrogen) atoms. The zero-order valence-corrected chi connectivity index (χ0v) is 21.7. The molecule has 0 aromatic heterocycles.